The number of hydrogen-bond donors (Lipinski definition) is 2. The van der Waals surface area contributed by atoms with Crippen LogP contribution in [0.25, 0.3) is 22.6 Å². The van der Waals surface area contributed by atoms with Crippen LogP contribution in [0.15, 0.2) is 35.1 Å². The molecule has 3 aromatic rings. The fourth-order valence-corrected chi connectivity index (χ4v) is 1.93. The molecule has 0 saturated carbocycles. The molecule has 2 heterocycles. The first-order valence-corrected chi connectivity index (χ1v) is 5.44. The van der Waals surface area contributed by atoms with Crippen molar-refractivity contribution < 1.29 is 0 Å². The normalized spacial score (nSPS) is 10.9. The molecule has 0 aliphatic heterocycles. The summed E-state index contributed by atoms with van der Waals surface area (Å²) in [7, 11) is 1.81. The third kappa shape index (κ3) is 1.46. The SMILES string of the molecule is Cn1c(-c2ccccc2)nc2c(=O)[nH]c(N)nc21. The predicted octanol–water partition coefficient (Wildman–Crippen LogP) is 0.906. The van der Waals surface area contributed by atoms with Crippen LogP contribution in [0.3, 0.4) is 0 Å². The van der Waals surface area contributed by atoms with E-state index in [2.05, 4.69) is 15.0 Å². The van der Waals surface area contributed by atoms with E-state index in [1.165, 1.54) is 0 Å². The molecule has 0 spiro atoms. The Balaban J connectivity index is 2.37. The summed E-state index contributed by atoms with van der Waals surface area (Å²) in [4.78, 5) is 22.6. The molecule has 2 aromatic heterocycles. The van der Waals surface area contributed by atoms with Gasteiger partial charge in [-0.15, -0.1) is 0 Å². The lowest BCUT2D eigenvalue weighted by atomic mass is 10.2. The molecular formula is C12H11N5O. The molecule has 18 heavy (non-hydrogen) atoms. The van der Waals surface area contributed by atoms with Gasteiger partial charge in [-0.1, -0.05) is 30.3 Å². The summed E-state index contributed by atoms with van der Waals surface area (Å²) in [6.45, 7) is 0. The predicted molar refractivity (Wildman–Crippen MR) is 69.0 cm³/mol. The van der Waals surface area contributed by atoms with Crippen molar-refractivity contribution in [1.82, 2.24) is 19.5 Å². The van der Waals surface area contributed by atoms with Crippen molar-refractivity contribution in [3.63, 3.8) is 0 Å². The summed E-state index contributed by atoms with van der Waals surface area (Å²) < 4.78 is 1.76. The second kappa shape index (κ2) is 3.69. The second-order valence-corrected chi connectivity index (χ2v) is 3.98. The molecule has 0 atom stereocenters. The lowest BCUT2D eigenvalue weighted by Gasteiger charge is -2.01. The molecule has 0 saturated heterocycles. The van der Waals surface area contributed by atoms with E-state index in [0.29, 0.717) is 17.0 Å². The molecule has 90 valence electrons. The average molecular weight is 241 g/mol. The Morgan fingerprint density at radius 1 is 1.22 bits per heavy atom. The first-order valence-electron chi connectivity index (χ1n) is 5.44. The maximum atomic E-state index is 11.7. The smallest absolute Gasteiger partial charge is 0.280 e. The molecule has 0 bridgehead atoms. The second-order valence-electron chi connectivity index (χ2n) is 3.98. The summed E-state index contributed by atoms with van der Waals surface area (Å²) >= 11 is 0. The molecule has 3 N–H and O–H groups in total. The van der Waals surface area contributed by atoms with E-state index in [9.17, 15) is 4.79 Å². The van der Waals surface area contributed by atoms with Crippen LogP contribution in [0.5, 0.6) is 0 Å². The van der Waals surface area contributed by atoms with Crippen molar-refractivity contribution in [1.29, 1.82) is 0 Å². The number of aryl methyl sites for hydroxylation is 1. The number of H-pyrrole nitrogens is 1. The lowest BCUT2D eigenvalue weighted by molar-refractivity contribution is 0.940. The van der Waals surface area contributed by atoms with Crippen molar-refractivity contribution in [3.8, 4) is 11.4 Å². The average Bonchev–Trinajstić information content (AvgIpc) is 2.69. The van der Waals surface area contributed by atoms with Gasteiger partial charge in [-0.05, 0) is 0 Å². The van der Waals surface area contributed by atoms with Gasteiger partial charge in [-0.2, -0.15) is 4.98 Å². The Labute approximate surface area is 102 Å². The molecule has 0 aliphatic rings. The van der Waals surface area contributed by atoms with Crippen LogP contribution in [0.1, 0.15) is 0 Å². The van der Waals surface area contributed by atoms with Crippen molar-refractivity contribution in [2.75, 3.05) is 5.73 Å². The number of benzene rings is 1. The Hall–Kier alpha value is -2.63. The number of nitrogens with zero attached hydrogens (tertiary/aromatic N) is 3. The summed E-state index contributed by atoms with van der Waals surface area (Å²) in [6.07, 6.45) is 0. The number of nitrogen functional groups attached to an aromatic ring is 1. The van der Waals surface area contributed by atoms with Crippen LogP contribution >= 0.6 is 0 Å². The number of anilines is 1. The first kappa shape index (κ1) is 10.5. The largest absolute Gasteiger partial charge is 0.369 e. The Bertz CT molecular complexity index is 772. The van der Waals surface area contributed by atoms with Gasteiger partial charge >= 0.3 is 0 Å². The summed E-state index contributed by atoms with van der Waals surface area (Å²) in [6, 6.07) is 9.62. The molecule has 1 aromatic carbocycles. The quantitative estimate of drug-likeness (QED) is 0.662. The topological polar surface area (TPSA) is 89.6 Å². The van der Waals surface area contributed by atoms with Crippen LogP contribution < -0.4 is 11.3 Å². The lowest BCUT2D eigenvalue weighted by Crippen LogP contribution is -2.11. The van der Waals surface area contributed by atoms with Gasteiger partial charge in [0.1, 0.15) is 5.82 Å². The van der Waals surface area contributed by atoms with E-state index in [1.54, 1.807) is 4.57 Å². The molecule has 3 rings (SSSR count). The van der Waals surface area contributed by atoms with Gasteiger partial charge < -0.3 is 10.3 Å². The highest BCUT2D eigenvalue weighted by Gasteiger charge is 2.13. The summed E-state index contributed by atoms with van der Waals surface area (Å²) in [5.74, 6) is 0.782. The van der Waals surface area contributed by atoms with Gasteiger partial charge in [0, 0.05) is 12.6 Å². The number of fused-ring (bicyclic) bond motifs is 1. The standard InChI is InChI=1S/C12H11N5O/c1-17-9(7-5-3-2-4-6-7)14-8-10(17)15-12(13)16-11(8)18/h2-6H,1H3,(H3,13,15,16,18). The third-order valence-corrected chi connectivity index (χ3v) is 2.78. The molecule has 0 fully saturated rings. The number of aromatic amines is 1. The summed E-state index contributed by atoms with van der Waals surface area (Å²) in [5.41, 5.74) is 6.92. The van der Waals surface area contributed by atoms with E-state index >= 15 is 0 Å². The molecule has 0 aliphatic carbocycles. The molecule has 0 unspecified atom stereocenters. The van der Waals surface area contributed by atoms with Crippen molar-refractivity contribution >= 4 is 17.1 Å². The number of aromatic nitrogens is 4. The number of rotatable bonds is 1. The van der Waals surface area contributed by atoms with Crippen molar-refractivity contribution in [2.24, 2.45) is 7.05 Å². The van der Waals surface area contributed by atoms with Gasteiger partial charge in [0.25, 0.3) is 5.56 Å². The number of nitrogens with two attached hydrogens (primary N) is 1. The zero-order chi connectivity index (χ0) is 12.7. The Morgan fingerprint density at radius 2 is 1.94 bits per heavy atom. The zero-order valence-corrected chi connectivity index (χ0v) is 9.71. The highest BCUT2D eigenvalue weighted by Crippen LogP contribution is 2.20. The van der Waals surface area contributed by atoms with Gasteiger partial charge in [-0.3, -0.25) is 9.78 Å². The van der Waals surface area contributed by atoms with Gasteiger partial charge in [-0.25, -0.2) is 4.98 Å². The third-order valence-electron chi connectivity index (χ3n) is 2.78. The van der Waals surface area contributed by atoms with E-state index in [4.69, 9.17) is 5.73 Å². The van der Waals surface area contributed by atoms with E-state index < -0.39 is 0 Å². The van der Waals surface area contributed by atoms with Crippen LogP contribution in [0.2, 0.25) is 0 Å². The molecule has 6 nitrogen and oxygen atoms in total. The van der Waals surface area contributed by atoms with E-state index in [0.717, 1.165) is 5.56 Å². The zero-order valence-electron chi connectivity index (χ0n) is 9.71. The molecule has 6 heteroatoms. The van der Waals surface area contributed by atoms with Crippen LogP contribution in [-0.2, 0) is 7.05 Å². The Morgan fingerprint density at radius 3 is 2.67 bits per heavy atom. The molecule has 0 radical (unpaired) electrons. The maximum absolute atomic E-state index is 11.7. The van der Waals surface area contributed by atoms with Gasteiger partial charge in [0.15, 0.2) is 11.2 Å². The van der Waals surface area contributed by atoms with Gasteiger partial charge in [0.2, 0.25) is 5.95 Å². The Kier molecular flexibility index (Phi) is 2.16. The minimum Gasteiger partial charge on any atom is -0.369 e. The number of imidazole rings is 1. The highest BCUT2D eigenvalue weighted by molar-refractivity contribution is 5.76. The minimum absolute atomic E-state index is 0.0927. The molecule has 0 amide bonds. The summed E-state index contributed by atoms with van der Waals surface area (Å²) in [5, 5.41) is 0. The van der Waals surface area contributed by atoms with E-state index in [-0.39, 0.29) is 11.5 Å². The highest BCUT2D eigenvalue weighted by atomic mass is 16.1. The minimum atomic E-state index is -0.324. The maximum Gasteiger partial charge on any atom is 0.280 e. The number of hydrogen-bond acceptors (Lipinski definition) is 4. The molecular weight excluding hydrogens is 230 g/mol. The fourth-order valence-electron chi connectivity index (χ4n) is 1.93. The number of nitrogens with one attached hydrogen (secondary N) is 1. The monoisotopic (exact) mass is 241 g/mol. The van der Waals surface area contributed by atoms with Crippen LogP contribution in [0, 0.1) is 0 Å². The van der Waals surface area contributed by atoms with E-state index in [1.807, 2.05) is 37.4 Å². The van der Waals surface area contributed by atoms with Crippen LogP contribution in [0.4, 0.5) is 5.95 Å². The van der Waals surface area contributed by atoms with Crippen LogP contribution in [-0.4, -0.2) is 19.5 Å². The van der Waals surface area contributed by atoms with Gasteiger partial charge in [0.05, 0.1) is 0 Å². The first-order chi connectivity index (χ1) is 8.66. The van der Waals surface area contributed by atoms with Crippen molar-refractivity contribution in [2.45, 2.75) is 0 Å². The fraction of sp³-hybridized carbons (Fsp3) is 0.0833. The van der Waals surface area contributed by atoms with Crippen molar-refractivity contribution in [3.05, 3.63) is 40.7 Å².